The van der Waals surface area contributed by atoms with Crippen molar-refractivity contribution in [1.29, 1.82) is 0 Å². The fourth-order valence-electron chi connectivity index (χ4n) is 1.91. The maximum Gasteiger partial charge on any atom is 0.181 e. The van der Waals surface area contributed by atoms with Crippen LogP contribution in [0.1, 0.15) is 51.9 Å². The largest absolute Gasteiger partial charge is 0.294 e. The van der Waals surface area contributed by atoms with Crippen molar-refractivity contribution in [2.45, 2.75) is 51.9 Å². The van der Waals surface area contributed by atoms with Crippen LogP contribution in [0.5, 0.6) is 0 Å². The van der Waals surface area contributed by atoms with E-state index in [1.807, 2.05) is 0 Å². The summed E-state index contributed by atoms with van der Waals surface area (Å²) < 4.78 is 0. The van der Waals surface area contributed by atoms with E-state index in [9.17, 15) is 4.79 Å². The Balaban J connectivity index is 2.06. The van der Waals surface area contributed by atoms with Crippen LogP contribution in [0.4, 0.5) is 0 Å². The van der Waals surface area contributed by atoms with Gasteiger partial charge in [-0.15, -0.1) is 0 Å². The van der Waals surface area contributed by atoms with Crippen molar-refractivity contribution < 1.29 is 4.79 Å². The lowest BCUT2D eigenvalue weighted by molar-refractivity contribution is -0.116. The van der Waals surface area contributed by atoms with Crippen LogP contribution in [0.2, 0.25) is 0 Å². The van der Waals surface area contributed by atoms with Crippen LogP contribution in [-0.2, 0) is 15.7 Å². The lowest BCUT2D eigenvalue weighted by atomic mass is 10.2. The number of carbonyl (C=O) groups excluding carboxylic acids is 1. The molecule has 0 amide bonds. The van der Waals surface area contributed by atoms with Gasteiger partial charge in [-0.25, -0.2) is 0 Å². The van der Waals surface area contributed by atoms with E-state index in [2.05, 4.69) is 6.92 Å². The number of unbranched alkanes of at least 4 members (excludes halogenated alkanes) is 2. The van der Waals surface area contributed by atoms with E-state index >= 15 is 0 Å². The maximum atomic E-state index is 11.6. The lowest BCUT2D eigenvalue weighted by Gasteiger charge is -2.12. The molecule has 0 aromatic carbocycles. The topological polar surface area (TPSA) is 17.1 Å². The minimum absolute atomic E-state index is 0.470. The van der Waals surface area contributed by atoms with Gasteiger partial charge >= 0.3 is 0 Å². The van der Waals surface area contributed by atoms with Crippen molar-refractivity contribution in [2.75, 3.05) is 17.3 Å². The van der Waals surface area contributed by atoms with E-state index in [1.54, 1.807) is 0 Å². The van der Waals surface area contributed by atoms with Gasteiger partial charge in [0.05, 0.1) is 0 Å². The van der Waals surface area contributed by atoms with Crippen LogP contribution < -0.4 is 0 Å². The zero-order chi connectivity index (χ0) is 10.2. The quantitative estimate of drug-likeness (QED) is 0.492. The molecule has 1 nitrogen and oxygen atoms in total. The molecule has 1 saturated heterocycles. The number of Topliss-reactive ketones (excluding diaryl/α,β-unsaturated/α-hetero) is 1. The molecule has 1 heterocycles. The first-order valence-electron chi connectivity index (χ1n) is 5.98. The van der Waals surface area contributed by atoms with Crippen molar-refractivity contribution in [3.05, 3.63) is 0 Å². The van der Waals surface area contributed by atoms with Crippen molar-refractivity contribution >= 4 is 16.7 Å². The number of hydrogen-bond donors (Lipinski definition) is 0. The Hall–Kier alpha value is 0.0200. The van der Waals surface area contributed by atoms with Crippen molar-refractivity contribution in [1.82, 2.24) is 0 Å². The zero-order valence-electron chi connectivity index (χ0n) is 9.39. The molecular weight excluding hydrogens is 192 g/mol. The minimum atomic E-state index is 0.470. The highest BCUT2D eigenvalue weighted by molar-refractivity contribution is 7.97. The monoisotopic (exact) mass is 215 g/mol. The average molecular weight is 215 g/mol. The van der Waals surface area contributed by atoms with Crippen LogP contribution in [0.15, 0.2) is 0 Å². The van der Waals surface area contributed by atoms with Gasteiger partial charge in [0.25, 0.3) is 0 Å². The third-order valence-corrected chi connectivity index (χ3v) is 5.25. The van der Waals surface area contributed by atoms with Gasteiger partial charge in [-0.1, -0.05) is 19.8 Å². The summed E-state index contributed by atoms with van der Waals surface area (Å²) >= 11 is 0. The summed E-state index contributed by atoms with van der Waals surface area (Å²) in [5, 5.41) is 0. The number of rotatable bonds is 6. The Morgan fingerprint density at radius 1 is 1.14 bits per heavy atom. The molecule has 0 saturated carbocycles. The summed E-state index contributed by atoms with van der Waals surface area (Å²) in [5.41, 5.74) is 0. The van der Waals surface area contributed by atoms with Crippen LogP contribution in [-0.4, -0.2) is 23.0 Å². The molecule has 0 radical (unpaired) electrons. The third kappa shape index (κ3) is 5.04. The zero-order valence-corrected chi connectivity index (χ0v) is 10.2. The molecule has 14 heavy (non-hydrogen) atoms. The molecule has 0 N–H and O–H groups in total. The van der Waals surface area contributed by atoms with Crippen LogP contribution in [0.3, 0.4) is 0 Å². The van der Waals surface area contributed by atoms with Gasteiger partial charge < -0.3 is 0 Å². The van der Waals surface area contributed by atoms with Gasteiger partial charge in [0.15, 0.2) is 11.5 Å². The lowest BCUT2D eigenvalue weighted by Crippen LogP contribution is -2.25. The average Bonchev–Trinajstić information content (AvgIpc) is 2.20. The first kappa shape index (κ1) is 12.1. The van der Waals surface area contributed by atoms with Crippen molar-refractivity contribution in [3.8, 4) is 0 Å². The SMILES string of the molecule is CCCCCC(=O)C[S+]1CCCCC1. The summed E-state index contributed by atoms with van der Waals surface area (Å²) in [5.74, 6) is 4.10. The summed E-state index contributed by atoms with van der Waals surface area (Å²) in [6.45, 7) is 2.19. The Kier molecular flexibility index (Phi) is 6.33. The van der Waals surface area contributed by atoms with E-state index in [-0.39, 0.29) is 0 Å². The smallest absolute Gasteiger partial charge is 0.181 e. The Morgan fingerprint density at radius 3 is 2.50 bits per heavy atom. The molecular formula is C12H23OS+. The number of hydrogen-bond acceptors (Lipinski definition) is 1. The van der Waals surface area contributed by atoms with Gasteiger partial charge in [-0.05, 0) is 36.6 Å². The Morgan fingerprint density at radius 2 is 1.86 bits per heavy atom. The second-order valence-corrected chi connectivity index (χ2v) is 6.55. The molecule has 1 aliphatic rings. The summed E-state index contributed by atoms with van der Waals surface area (Å²) in [6.07, 6.45) is 8.53. The van der Waals surface area contributed by atoms with E-state index in [4.69, 9.17) is 0 Å². The van der Waals surface area contributed by atoms with E-state index in [1.165, 1.54) is 43.6 Å². The van der Waals surface area contributed by atoms with Crippen molar-refractivity contribution in [3.63, 3.8) is 0 Å². The number of ketones is 1. The fourth-order valence-corrected chi connectivity index (χ4v) is 4.22. The molecule has 2 heteroatoms. The molecule has 0 aromatic rings. The Labute approximate surface area is 91.0 Å². The van der Waals surface area contributed by atoms with E-state index < -0.39 is 0 Å². The molecule has 0 spiro atoms. The van der Waals surface area contributed by atoms with Gasteiger partial charge in [-0.3, -0.25) is 4.79 Å². The normalized spacial score (nSPS) is 18.4. The molecule has 0 unspecified atom stereocenters. The highest BCUT2D eigenvalue weighted by Crippen LogP contribution is 2.14. The summed E-state index contributed by atoms with van der Waals surface area (Å²) in [7, 11) is 0.470. The van der Waals surface area contributed by atoms with Gasteiger partial charge in [-0.2, -0.15) is 0 Å². The standard InChI is InChI=1S/C12H23OS/c1-2-3-5-8-12(13)11-14-9-6-4-7-10-14/h2-11H2,1H3/q+1. The summed E-state index contributed by atoms with van der Waals surface area (Å²) in [4.78, 5) is 11.6. The first-order chi connectivity index (χ1) is 6.83. The van der Waals surface area contributed by atoms with Crippen LogP contribution in [0, 0.1) is 0 Å². The molecule has 1 fully saturated rings. The second kappa shape index (κ2) is 7.33. The van der Waals surface area contributed by atoms with Gasteiger partial charge in [0.2, 0.25) is 0 Å². The van der Waals surface area contributed by atoms with Gasteiger partial charge in [0, 0.05) is 6.42 Å². The first-order valence-corrected chi connectivity index (χ1v) is 7.72. The second-order valence-electron chi connectivity index (χ2n) is 4.22. The molecule has 1 rings (SSSR count). The van der Waals surface area contributed by atoms with Crippen molar-refractivity contribution in [2.24, 2.45) is 0 Å². The molecule has 0 bridgehead atoms. The maximum absolute atomic E-state index is 11.6. The minimum Gasteiger partial charge on any atom is -0.294 e. The molecule has 0 aliphatic carbocycles. The molecule has 0 aromatic heterocycles. The predicted molar refractivity (Wildman–Crippen MR) is 65.0 cm³/mol. The fraction of sp³-hybridized carbons (Fsp3) is 0.917. The molecule has 1 aliphatic heterocycles. The predicted octanol–water partition coefficient (Wildman–Crippen LogP) is 2.94. The van der Waals surface area contributed by atoms with Crippen LogP contribution >= 0.6 is 0 Å². The molecule has 82 valence electrons. The van der Waals surface area contributed by atoms with E-state index in [0.717, 1.165) is 18.6 Å². The van der Waals surface area contributed by atoms with Gasteiger partial charge in [0.1, 0.15) is 11.5 Å². The highest BCUT2D eigenvalue weighted by Gasteiger charge is 2.24. The molecule has 0 atom stereocenters. The van der Waals surface area contributed by atoms with E-state index in [0.29, 0.717) is 16.7 Å². The number of carbonyl (C=O) groups is 1. The highest BCUT2D eigenvalue weighted by atomic mass is 32.2. The van der Waals surface area contributed by atoms with Crippen LogP contribution in [0.25, 0.3) is 0 Å². The summed E-state index contributed by atoms with van der Waals surface area (Å²) in [6, 6.07) is 0. The Bertz CT molecular complexity index is 162. The third-order valence-electron chi connectivity index (χ3n) is 2.79.